The Labute approximate surface area is 111 Å². The first kappa shape index (κ1) is 13.1. The highest BCUT2D eigenvalue weighted by atomic mass is 35.5. The summed E-state index contributed by atoms with van der Waals surface area (Å²) in [5, 5.41) is 11.0. The molecule has 0 radical (unpaired) electrons. The van der Waals surface area contributed by atoms with Crippen molar-refractivity contribution in [2.75, 3.05) is 13.2 Å². The van der Waals surface area contributed by atoms with Gasteiger partial charge in [0, 0.05) is 19.4 Å². The van der Waals surface area contributed by atoms with Gasteiger partial charge in [0.2, 0.25) is 0 Å². The van der Waals surface area contributed by atoms with E-state index in [2.05, 4.69) is 4.98 Å². The Morgan fingerprint density at radius 3 is 2.76 bits per heavy atom. The molecule has 1 unspecified atom stereocenters. The third kappa shape index (κ3) is 3.55. The number of rotatable bonds is 3. The summed E-state index contributed by atoms with van der Waals surface area (Å²) in [6.45, 7) is 1.55. The van der Waals surface area contributed by atoms with E-state index in [1.54, 1.807) is 6.07 Å². The Morgan fingerprint density at radius 2 is 2.12 bits per heavy atom. The number of hydrogen-bond acceptors (Lipinski definition) is 3. The third-order valence-corrected chi connectivity index (χ3v) is 3.56. The molecule has 0 spiro atoms. The highest BCUT2D eigenvalue weighted by Gasteiger charge is 2.21. The Bertz CT molecular complexity index is 381. The molecular formula is C12H15Cl2NO2. The molecule has 3 nitrogen and oxygen atoms in total. The molecule has 17 heavy (non-hydrogen) atoms. The van der Waals surface area contributed by atoms with Crippen molar-refractivity contribution in [2.24, 2.45) is 5.92 Å². The van der Waals surface area contributed by atoms with Crippen molar-refractivity contribution < 1.29 is 9.84 Å². The molecule has 0 amide bonds. The van der Waals surface area contributed by atoms with E-state index in [0.29, 0.717) is 28.1 Å². The summed E-state index contributed by atoms with van der Waals surface area (Å²) >= 11 is 11.8. The lowest BCUT2D eigenvalue weighted by Gasteiger charge is -2.24. The van der Waals surface area contributed by atoms with Crippen molar-refractivity contribution in [3.05, 3.63) is 28.0 Å². The Morgan fingerprint density at radius 1 is 1.41 bits per heavy atom. The number of pyridine rings is 1. The fourth-order valence-corrected chi connectivity index (χ4v) is 2.59. The van der Waals surface area contributed by atoms with E-state index in [9.17, 15) is 5.11 Å². The molecular weight excluding hydrogens is 261 g/mol. The second kappa shape index (κ2) is 6.01. The van der Waals surface area contributed by atoms with Gasteiger partial charge in [-0.05, 0) is 31.2 Å². The van der Waals surface area contributed by atoms with Gasteiger partial charge in [-0.3, -0.25) is 4.98 Å². The Balaban J connectivity index is 2.00. The van der Waals surface area contributed by atoms with Crippen LogP contribution in [0.25, 0.3) is 0 Å². The minimum absolute atomic E-state index is 0.428. The second-order valence-electron chi connectivity index (χ2n) is 4.33. The molecule has 1 aromatic rings. The molecule has 1 aromatic heterocycles. The first-order valence-electron chi connectivity index (χ1n) is 5.73. The standard InChI is InChI=1S/C12H15Cl2NO2/c13-9-6-10(14)12(15-7-9)11(16)5-8-1-3-17-4-2-8/h6-8,11,16H,1-5H2. The summed E-state index contributed by atoms with van der Waals surface area (Å²) in [5.41, 5.74) is 0.516. The number of aromatic nitrogens is 1. The van der Waals surface area contributed by atoms with E-state index >= 15 is 0 Å². The van der Waals surface area contributed by atoms with E-state index in [0.717, 1.165) is 26.1 Å². The van der Waals surface area contributed by atoms with E-state index in [-0.39, 0.29) is 0 Å². The van der Waals surface area contributed by atoms with Crippen molar-refractivity contribution in [1.29, 1.82) is 0 Å². The summed E-state index contributed by atoms with van der Waals surface area (Å²) < 4.78 is 5.29. The number of halogens is 2. The maximum atomic E-state index is 10.1. The number of hydrogen-bond donors (Lipinski definition) is 1. The van der Waals surface area contributed by atoms with Gasteiger partial charge in [0.15, 0.2) is 0 Å². The summed E-state index contributed by atoms with van der Waals surface area (Å²) in [5.74, 6) is 0.479. The van der Waals surface area contributed by atoms with Crippen LogP contribution in [0.4, 0.5) is 0 Å². The topological polar surface area (TPSA) is 42.4 Å². The monoisotopic (exact) mass is 275 g/mol. The first-order valence-corrected chi connectivity index (χ1v) is 6.49. The second-order valence-corrected chi connectivity index (χ2v) is 5.17. The van der Waals surface area contributed by atoms with Crippen LogP contribution in [0.5, 0.6) is 0 Å². The lowest BCUT2D eigenvalue weighted by Crippen LogP contribution is -2.18. The maximum absolute atomic E-state index is 10.1. The van der Waals surface area contributed by atoms with Crippen LogP contribution in [0.15, 0.2) is 12.3 Å². The molecule has 0 aliphatic carbocycles. The maximum Gasteiger partial charge on any atom is 0.0977 e. The lowest BCUT2D eigenvalue weighted by molar-refractivity contribution is 0.0427. The van der Waals surface area contributed by atoms with Gasteiger partial charge in [0.25, 0.3) is 0 Å². The third-order valence-electron chi connectivity index (χ3n) is 3.05. The Kier molecular flexibility index (Phi) is 4.62. The van der Waals surface area contributed by atoms with E-state index in [1.807, 2.05) is 0 Å². The van der Waals surface area contributed by atoms with E-state index < -0.39 is 6.10 Å². The number of nitrogens with zero attached hydrogens (tertiary/aromatic N) is 1. The number of ether oxygens (including phenoxy) is 1. The molecule has 5 heteroatoms. The molecule has 1 fully saturated rings. The van der Waals surface area contributed by atoms with Crippen LogP contribution in [0.1, 0.15) is 31.1 Å². The molecule has 2 rings (SSSR count). The van der Waals surface area contributed by atoms with Crippen molar-refractivity contribution >= 4 is 23.2 Å². The van der Waals surface area contributed by atoms with Crippen molar-refractivity contribution in [3.8, 4) is 0 Å². The summed E-state index contributed by atoms with van der Waals surface area (Å²) in [7, 11) is 0. The van der Waals surface area contributed by atoms with Gasteiger partial charge < -0.3 is 9.84 Å². The van der Waals surface area contributed by atoms with Gasteiger partial charge >= 0.3 is 0 Å². The van der Waals surface area contributed by atoms with Gasteiger partial charge in [-0.25, -0.2) is 0 Å². The fraction of sp³-hybridized carbons (Fsp3) is 0.583. The van der Waals surface area contributed by atoms with Crippen LogP contribution in [0.3, 0.4) is 0 Å². The average molecular weight is 276 g/mol. The molecule has 0 bridgehead atoms. The smallest absolute Gasteiger partial charge is 0.0977 e. The number of aliphatic hydroxyl groups is 1. The zero-order valence-electron chi connectivity index (χ0n) is 9.40. The van der Waals surface area contributed by atoms with Crippen LogP contribution in [0, 0.1) is 5.92 Å². The molecule has 0 aromatic carbocycles. The molecule has 1 aliphatic heterocycles. The molecule has 2 heterocycles. The van der Waals surface area contributed by atoms with Gasteiger partial charge in [-0.2, -0.15) is 0 Å². The van der Waals surface area contributed by atoms with Crippen LogP contribution in [0.2, 0.25) is 10.0 Å². The summed E-state index contributed by atoms with van der Waals surface area (Å²) in [6.07, 6.45) is 3.54. The van der Waals surface area contributed by atoms with Gasteiger partial charge in [-0.1, -0.05) is 23.2 Å². The highest BCUT2D eigenvalue weighted by molar-refractivity contribution is 6.34. The number of aliphatic hydroxyl groups excluding tert-OH is 1. The highest BCUT2D eigenvalue weighted by Crippen LogP contribution is 2.30. The zero-order chi connectivity index (χ0) is 12.3. The van der Waals surface area contributed by atoms with Crippen LogP contribution in [-0.2, 0) is 4.74 Å². The quantitative estimate of drug-likeness (QED) is 0.921. The Hall–Kier alpha value is -0.350. The molecule has 94 valence electrons. The van der Waals surface area contributed by atoms with Crippen molar-refractivity contribution in [2.45, 2.75) is 25.4 Å². The van der Waals surface area contributed by atoms with Crippen LogP contribution >= 0.6 is 23.2 Å². The van der Waals surface area contributed by atoms with Crippen LogP contribution < -0.4 is 0 Å². The van der Waals surface area contributed by atoms with Crippen LogP contribution in [-0.4, -0.2) is 23.3 Å². The van der Waals surface area contributed by atoms with E-state index in [1.165, 1.54) is 6.20 Å². The SMILES string of the molecule is OC(CC1CCOCC1)c1ncc(Cl)cc1Cl. The summed E-state index contributed by atoms with van der Waals surface area (Å²) in [6, 6.07) is 1.61. The minimum atomic E-state index is -0.622. The largest absolute Gasteiger partial charge is 0.387 e. The van der Waals surface area contributed by atoms with Gasteiger partial charge in [0.1, 0.15) is 0 Å². The predicted molar refractivity (Wildman–Crippen MR) is 67.4 cm³/mol. The van der Waals surface area contributed by atoms with E-state index in [4.69, 9.17) is 27.9 Å². The fourth-order valence-electron chi connectivity index (χ4n) is 2.08. The minimum Gasteiger partial charge on any atom is -0.387 e. The molecule has 1 N–H and O–H groups in total. The van der Waals surface area contributed by atoms with Crippen molar-refractivity contribution in [1.82, 2.24) is 4.98 Å². The molecule has 1 saturated heterocycles. The molecule has 1 aliphatic rings. The molecule has 0 saturated carbocycles. The summed E-state index contributed by atoms with van der Waals surface area (Å²) in [4.78, 5) is 4.10. The average Bonchev–Trinajstić information content (AvgIpc) is 2.30. The zero-order valence-corrected chi connectivity index (χ0v) is 10.9. The lowest BCUT2D eigenvalue weighted by atomic mass is 9.92. The predicted octanol–water partition coefficient (Wildman–Crippen LogP) is 3.24. The first-order chi connectivity index (χ1) is 8.16. The van der Waals surface area contributed by atoms with Gasteiger partial charge in [0.05, 0.1) is 21.8 Å². The van der Waals surface area contributed by atoms with Crippen molar-refractivity contribution in [3.63, 3.8) is 0 Å². The molecule has 1 atom stereocenters. The van der Waals surface area contributed by atoms with Gasteiger partial charge in [-0.15, -0.1) is 0 Å². The normalized spacial score (nSPS) is 19.2.